The van der Waals surface area contributed by atoms with Gasteiger partial charge in [0.05, 0.1) is 5.56 Å². The molecule has 4 nitrogen and oxygen atoms in total. The molecule has 2 atom stereocenters. The lowest BCUT2D eigenvalue weighted by atomic mass is 10.0. The lowest BCUT2D eigenvalue weighted by Crippen LogP contribution is -2.37. The first-order valence-corrected chi connectivity index (χ1v) is 8.66. The molecule has 132 valence electrons. The summed E-state index contributed by atoms with van der Waals surface area (Å²) in [5.41, 5.74) is 0.893. The first-order valence-electron chi connectivity index (χ1n) is 7.87. The van der Waals surface area contributed by atoms with Crippen molar-refractivity contribution in [3.8, 4) is 0 Å². The van der Waals surface area contributed by atoms with Gasteiger partial charge < -0.3 is 10.1 Å². The Morgan fingerprint density at radius 3 is 2.48 bits per heavy atom. The van der Waals surface area contributed by atoms with E-state index in [1.165, 1.54) is 25.1 Å². The quantitative estimate of drug-likeness (QED) is 0.734. The molecule has 0 aliphatic heterocycles. The molecule has 0 aliphatic rings. The molecule has 0 spiro atoms. The first-order chi connectivity index (χ1) is 11.9. The van der Waals surface area contributed by atoms with Crippen LogP contribution >= 0.6 is 15.9 Å². The molecule has 2 aromatic carbocycles. The van der Waals surface area contributed by atoms with E-state index in [1.54, 1.807) is 0 Å². The van der Waals surface area contributed by atoms with E-state index < -0.39 is 23.8 Å². The second-order valence-electron chi connectivity index (χ2n) is 5.73. The minimum Gasteiger partial charge on any atom is -0.449 e. The molecular formula is C19H19BrFNO3. The predicted octanol–water partition coefficient (Wildman–Crippen LogP) is 4.05. The fraction of sp³-hybridized carbons (Fsp3) is 0.263. The Balaban J connectivity index is 1.88. The molecule has 1 amide bonds. The Kier molecular flexibility index (Phi) is 6.70. The first kappa shape index (κ1) is 19.1. The number of halogens is 2. The third-order valence-electron chi connectivity index (χ3n) is 3.76. The standard InChI is InChI=1S/C19H19BrFNO3/c1-12(14-6-4-3-5-7-14)11-22-18(23)13(2)25-19(24)16-9-8-15(20)10-17(16)21/h3-10,12-13H,11H2,1-2H3,(H,22,23)/t12-,13+/m1/s1. The second-order valence-corrected chi connectivity index (χ2v) is 6.64. The van der Waals surface area contributed by atoms with Crippen LogP contribution in [0.25, 0.3) is 0 Å². The molecule has 0 aromatic heterocycles. The number of benzene rings is 2. The molecule has 25 heavy (non-hydrogen) atoms. The van der Waals surface area contributed by atoms with Crippen LogP contribution in [0.5, 0.6) is 0 Å². The van der Waals surface area contributed by atoms with E-state index in [1.807, 2.05) is 37.3 Å². The van der Waals surface area contributed by atoms with Crippen molar-refractivity contribution in [1.82, 2.24) is 5.32 Å². The van der Waals surface area contributed by atoms with Crippen molar-refractivity contribution in [3.63, 3.8) is 0 Å². The molecule has 0 heterocycles. The van der Waals surface area contributed by atoms with Crippen LogP contribution in [-0.2, 0) is 9.53 Å². The van der Waals surface area contributed by atoms with Crippen molar-refractivity contribution in [2.24, 2.45) is 0 Å². The van der Waals surface area contributed by atoms with Gasteiger partial charge in [-0.15, -0.1) is 0 Å². The molecule has 6 heteroatoms. The van der Waals surface area contributed by atoms with Crippen molar-refractivity contribution >= 4 is 27.8 Å². The third kappa shape index (κ3) is 5.39. The van der Waals surface area contributed by atoms with Gasteiger partial charge in [-0.1, -0.05) is 53.2 Å². The molecule has 2 aromatic rings. The largest absolute Gasteiger partial charge is 0.449 e. The zero-order chi connectivity index (χ0) is 18.4. The van der Waals surface area contributed by atoms with Crippen molar-refractivity contribution in [3.05, 3.63) is 69.9 Å². The van der Waals surface area contributed by atoms with Crippen LogP contribution < -0.4 is 5.32 Å². The number of nitrogens with one attached hydrogen (secondary N) is 1. The topological polar surface area (TPSA) is 55.4 Å². The maximum atomic E-state index is 13.8. The molecule has 0 aliphatic carbocycles. The normalized spacial score (nSPS) is 13.0. The Bertz CT molecular complexity index is 752. The maximum absolute atomic E-state index is 13.8. The van der Waals surface area contributed by atoms with Gasteiger partial charge in [-0.2, -0.15) is 0 Å². The maximum Gasteiger partial charge on any atom is 0.341 e. The Morgan fingerprint density at radius 1 is 1.16 bits per heavy atom. The van der Waals surface area contributed by atoms with Crippen LogP contribution in [-0.4, -0.2) is 24.5 Å². The Labute approximate surface area is 154 Å². The van der Waals surface area contributed by atoms with Gasteiger partial charge in [0, 0.05) is 11.0 Å². The molecule has 1 N–H and O–H groups in total. The highest BCUT2D eigenvalue weighted by Crippen LogP contribution is 2.17. The van der Waals surface area contributed by atoms with E-state index in [-0.39, 0.29) is 11.5 Å². The summed E-state index contributed by atoms with van der Waals surface area (Å²) in [6, 6.07) is 13.8. The number of hydrogen-bond donors (Lipinski definition) is 1. The lowest BCUT2D eigenvalue weighted by Gasteiger charge is -2.17. The van der Waals surface area contributed by atoms with Gasteiger partial charge in [0.25, 0.3) is 5.91 Å². The summed E-state index contributed by atoms with van der Waals surface area (Å²) in [6.45, 7) is 3.86. The number of amides is 1. The minimum absolute atomic E-state index is 0.122. The number of rotatable bonds is 6. The van der Waals surface area contributed by atoms with E-state index >= 15 is 0 Å². The number of ether oxygens (including phenoxy) is 1. The highest BCUT2D eigenvalue weighted by Gasteiger charge is 2.21. The van der Waals surface area contributed by atoms with Crippen LogP contribution in [0.15, 0.2) is 53.0 Å². The van der Waals surface area contributed by atoms with Crippen LogP contribution in [0.1, 0.15) is 35.7 Å². The van der Waals surface area contributed by atoms with Crippen molar-refractivity contribution in [1.29, 1.82) is 0 Å². The lowest BCUT2D eigenvalue weighted by molar-refractivity contribution is -0.129. The van der Waals surface area contributed by atoms with E-state index in [0.29, 0.717) is 11.0 Å². The van der Waals surface area contributed by atoms with Gasteiger partial charge in [-0.05, 0) is 36.6 Å². The van der Waals surface area contributed by atoms with Crippen LogP contribution in [0, 0.1) is 5.82 Å². The van der Waals surface area contributed by atoms with Crippen molar-refractivity contribution in [2.45, 2.75) is 25.9 Å². The van der Waals surface area contributed by atoms with E-state index in [0.717, 1.165) is 5.56 Å². The molecule has 0 fully saturated rings. The minimum atomic E-state index is -1.02. The molecule has 0 bridgehead atoms. The highest BCUT2D eigenvalue weighted by molar-refractivity contribution is 9.10. The fourth-order valence-corrected chi connectivity index (χ4v) is 2.56. The summed E-state index contributed by atoms with van der Waals surface area (Å²) >= 11 is 3.12. The molecule has 2 rings (SSSR count). The number of carbonyl (C=O) groups is 2. The second kappa shape index (κ2) is 8.76. The monoisotopic (exact) mass is 407 g/mol. The van der Waals surface area contributed by atoms with Crippen LogP contribution in [0.2, 0.25) is 0 Å². The fourth-order valence-electron chi connectivity index (χ4n) is 2.23. The van der Waals surface area contributed by atoms with E-state index in [2.05, 4.69) is 21.2 Å². The summed E-state index contributed by atoms with van der Waals surface area (Å²) < 4.78 is 19.3. The Hall–Kier alpha value is -2.21. The van der Waals surface area contributed by atoms with Crippen molar-refractivity contribution in [2.75, 3.05) is 6.54 Å². The molecule has 0 radical (unpaired) electrons. The van der Waals surface area contributed by atoms with Gasteiger partial charge >= 0.3 is 5.97 Å². The van der Waals surface area contributed by atoms with Gasteiger partial charge in [-0.3, -0.25) is 4.79 Å². The van der Waals surface area contributed by atoms with Gasteiger partial charge in [-0.25, -0.2) is 9.18 Å². The van der Waals surface area contributed by atoms with E-state index in [4.69, 9.17) is 4.74 Å². The SMILES string of the molecule is C[C@H](OC(=O)c1ccc(Br)cc1F)C(=O)NC[C@@H](C)c1ccccc1. The molecule has 0 saturated heterocycles. The van der Waals surface area contributed by atoms with Gasteiger partial charge in [0.1, 0.15) is 5.82 Å². The summed E-state index contributed by atoms with van der Waals surface area (Å²) in [5.74, 6) is -1.88. The highest BCUT2D eigenvalue weighted by atomic mass is 79.9. The summed E-state index contributed by atoms with van der Waals surface area (Å²) in [5, 5.41) is 2.74. The number of carbonyl (C=O) groups excluding carboxylic acids is 2. The number of hydrogen-bond acceptors (Lipinski definition) is 3. The van der Waals surface area contributed by atoms with Crippen molar-refractivity contribution < 1.29 is 18.7 Å². The summed E-state index contributed by atoms with van der Waals surface area (Å²) in [6.07, 6.45) is -1.02. The average molecular weight is 408 g/mol. The average Bonchev–Trinajstić information content (AvgIpc) is 2.59. The van der Waals surface area contributed by atoms with Gasteiger partial charge in [0.15, 0.2) is 6.10 Å². The summed E-state index contributed by atoms with van der Waals surface area (Å²) in [4.78, 5) is 24.1. The van der Waals surface area contributed by atoms with Crippen LogP contribution in [0.4, 0.5) is 4.39 Å². The molecular weight excluding hydrogens is 389 g/mol. The van der Waals surface area contributed by atoms with Gasteiger partial charge in [0.2, 0.25) is 0 Å². The van der Waals surface area contributed by atoms with Crippen LogP contribution in [0.3, 0.4) is 0 Å². The third-order valence-corrected chi connectivity index (χ3v) is 4.25. The zero-order valence-electron chi connectivity index (χ0n) is 14.0. The number of esters is 1. The molecule has 0 unspecified atom stereocenters. The summed E-state index contributed by atoms with van der Waals surface area (Å²) in [7, 11) is 0. The predicted molar refractivity (Wildman–Crippen MR) is 96.8 cm³/mol. The smallest absolute Gasteiger partial charge is 0.341 e. The Morgan fingerprint density at radius 2 is 1.84 bits per heavy atom. The van der Waals surface area contributed by atoms with E-state index in [9.17, 15) is 14.0 Å². The molecule has 0 saturated carbocycles. The zero-order valence-corrected chi connectivity index (χ0v) is 15.5.